The summed E-state index contributed by atoms with van der Waals surface area (Å²) in [6.45, 7) is 30.5. The lowest BCUT2D eigenvalue weighted by Gasteiger charge is -2.29. The lowest BCUT2D eigenvalue weighted by atomic mass is 10.1. The number of aromatic amines is 3. The first-order chi connectivity index (χ1) is 57.6. The van der Waals surface area contributed by atoms with Gasteiger partial charge in [0.05, 0.1) is 68.4 Å². The van der Waals surface area contributed by atoms with Crippen molar-refractivity contribution < 1.29 is 33.5 Å². The van der Waals surface area contributed by atoms with Crippen molar-refractivity contribution in [3.8, 4) is 22.9 Å². The van der Waals surface area contributed by atoms with Crippen LogP contribution >= 0.6 is 11.6 Å². The maximum Gasteiger partial charge on any atom is 0.358 e. The number of fused-ring (bicyclic) bond motifs is 12. The molecule has 2 aliphatic heterocycles. The fourth-order valence-corrected chi connectivity index (χ4v) is 13.0. The van der Waals surface area contributed by atoms with Gasteiger partial charge in [-0.3, -0.25) is 43.0 Å². The van der Waals surface area contributed by atoms with Gasteiger partial charge in [0.2, 0.25) is 17.1 Å². The molecule has 626 valence electrons. The van der Waals surface area contributed by atoms with Crippen molar-refractivity contribution in [3.05, 3.63) is 323 Å². The van der Waals surface area contributed by atoms with E-state index >= 15 is 0 Å². The van der Waals surface area contributed by atoms with Crippen LogP contribution in [0.15, 0.2) is 216 Å². The van der Waals surface area contributed by atoms with Gasteiger partial charge in [-0.25, -0.2) is 34.5 Å². The third-order valence-electron chi connectivity index (χ3n) is 18.6. The molecule has 2 aliphatic rings. The number of rotatable bonds is 13. The van der Waals surface area contributed by atoms with E-state index in [0.717, 1.165) is 128 Å². The Morgan fingerprint density at radius 3 is 1.57 bits per heavy atom. The minimum atomic E-state index is -1.14. The maximum absolute atomic E-state index is 12.7. The number of para-hydroxylation sites is 3. The quantitative estimate of drug-likeness (QED) is 0.0168. The highest BCUT2D eigenvalue weighted by molar-refractivity contribution is 6.22. The molecule has 0 amide bonds. The van der Waals surface area contributed by atoms with Crippen LogP contribution in [0.4, 0.5) is 27.1 Å². The number of carbonyl (C=O) groups is 2. The number of anilines is 3. The third kappa shape index (κ3) is 23.0. The number of benzene rings is 8. The van der Waals surface area contributed by atoms with Crippen LogP contribution in [0.5, 0.6) is 11.5 Å². The largest absolute Gasteiger partial charge is 0.476 e. The number of aromatic nitrogens is 12. The normalized spacial score (nSPS) is 12.2. The topological polar surface area (TPSA) is 398 Å². The number of aromatic carboxylic acids is 1. The van der Waals surface area contributed by atoms with Crippen LogP contribution in [-0.4, -0.2) is 126 Å². The summed E-state index contributed by atoms with van der Waals surface area (Å²) in [5, 5.41) is 29.3. The number of alkyl halides is 1. The number of carboxylic acid groups (broad SMARTS) is 1. The minimum Gasteiger partial charge on any atom is -0.476 e. The number of ether oxygens (including phenoxy) is 2. The average molecular weight is 1650 g/mol. The first kappa shape index (κ1) is 90.3. The number of nitrogens with one attached hydrogen (secondary N) is 6. The van der Waals surface area contributed by atoms with Gasteiger partial charge in [-0.2, -0.15) is 4.39 Å². The molecule has 17 rings (SSSR count). The molecule has 0 saturated heterocycles. The predicted octanol–water partition coefficient (Wildman–Crippen LogP) is 15.7. The van der Waals surface area contributed by atoms with Crippen molar-refractivity contribution in [3.63, 3.8) is 0 Å². The first-order valence-electron chi connectivity index (χ1n) is 38.8. The smallest absolute Gasteiger partial charge is 0.358 e. The number of esters is 1. The van der Waals surface area contributed by atoms with Crippen molar-refractivity contribution >= 4 is 79.7 Å². The number of nitrogens with zero attached hydrogens (tertiary/aromatic N) is 11. The summed E-state index contributed by atoms with van der Waals surface area (Å²) in [6.07, 6.45) is 6.95. The van der Waals surface area contributed by atoms with Gasteiger partial charge in [-0.15, -0.1) is 0 Å². The van der Waals surface area contributed by atoms with E-state index in [9.17, 15) is 33.7 Å². The standard InChI is InChI=1S/C14H19N5.C13H11N3O3.C12H12ClN3.C12H11N3O.C12H10O.C10H15N.C7H6FNO2.C7H10N2O2.C2H8N2/c1-9-3-4-11-12(7-9)19-10(2)8-17-14(19)13(18-11)16-6-5-15;1-6-3-4-8-9(5-6)16-7(2)10(13(18)19)15-11(16)12(17)14-8;1-7-3-4-9-10(5-7)16-8(2)6-14-12(16)11(13)15-9;1-7-3-4-9-10(5-7)15-8(2)6-13-11(15)12(16)14-9;1-3-7-11(8-4-1)13-12-9-5-2-6-10-12;1-3-11(4-2)10-8-6-5-7-9-10;1-5-2-3-7(9(10)11)6(8)4-5;1-3-11-7(10)6-5(2)8-4-9-6;3-1-2-4/h3-4,7-8,13,16,18H,5-6,15H2,1-2H3;3-5H,1-2H3,(H,14,17)(H,18,19);3-6,11,15H,1-2H3;3-6H,1-2H3,(H,14,16);1-10H;5-9H,3-4H2,1-2H3;2-4H,1H3;4H,3H2,1-2H3,(H,8,9);1-4H2. The molecule has 9 heterocycles. The van der Waals surface area contributed by atoms with E-state index in [4.69, 9.17) is 43.4 Å². The van der Waals surface area contributed by atoms with Crippen molar-refractivity contribution in [1.82, 2.24) is 63.1 Å². The summed E-state index contributed by atoms with van der Waals surface area (Å²) in [7, 11) is 0. The molecule has 0 aliphatic carbocycles. The van der Waals surface area contributed by atoms with E-state index < -0.39 is 28.0 Å². The Labute approximate surface area is 698 Å². The Morgan fingerprint density at radius 2 is 1.07 bits per heavy atom. The highest BCUT2D eigenvalue weighted by atomic mass is 35.5. The fraction of sp³-hybridized carbons (Fsp3) is 0.247. The lowest BCUT2D eigenvalue weighted by molar-refractivity contribution is -0.387. The van der Waals surface area contributed by atoms with Crippen LogP contribution in [0.1, 0.15) is 121 Å². The van der Waals surface area contributed by atoms with Crippen LogP contribution in [0, 0.1) is 85.2 Å². The van der Waals surface area contributed by atoms with E-state index in [0.29, 0.717) is 54.4 Å². The van der Waals surface area contributed by atoms with Crippen molar-refractivity contribution in [2.45, 2.75) is 102 Å². The van der Waals surface area contributed by atoms with Crippen LogP contribution in [0.3, 0.4) is 0 Å². The second kappa shape index (κ2) is 43.0. The molecule has 2 atom stereocenters. The molecule has 0 saturated carbocycles. The number of aryl methyl sites for hydroxylation is 10. The molecule has 29 nitrogen and oxygen atoms in total. The summed E-state index contributed by atoms with van der Waals surface area (Å²) in [5.41, 5.74) is 33.7. The van der Waals surface area contributed by atoms with E-state index in [-0.39, 0.29) is 34.5 Å². The maximum atomic E-state index is 12.7. The van der Waals surface area contributed by atoms with E-state index in [1.807, 2.05) is 142 Å². The van der Waals surface area contributed by atoms with Crippen molar-refractivity contribution in [1.29, 1.82) is 0 Å². The van der Waals surface area contributed by atoms with Crippen molar-refractivity contribution in [2.75, 3.05) is 61.4 Å². The number of hydrogen-bond acceptors (Lipinski definition) is 20. The molecule has 120 heavy (non-hydrogen) atoms. The molecule has 15 aromatic rings. The van der Waals surface area contributed by atoms with E-state index in [1.54, 1.807) is 44.4 Å². The van der Waals surface area contributed by atoms with E-state index in [1.165, 1.54) is 29.2 Å². The van der Waals surface area contributed by atoms with Gasteiger partial charge in [0.15, 0.2) is 28.5 Å². The Bertz CT molecular complexity index is 6040. The Morgan fingerprint density at radius 1 is 0.583 bits per heavy atom. The minimum absolute atomic E-state index is 0.00690. The van der Waals surface area contributed by atoms with Gasteiger partial charge in [0.1, 0.15) is 17.7 Å². The molecule has 31 heteroatoms. The van der Waals surface area contributed by atoms with E-state index in [2.05, 4.69) is 165 Å². The number of hydrogen-bond donors (Lipinski definition) is 10. The summed E-state index contributed by atoms with van der Waals surface area (Å²) < 4.78 is 30.8. The van der Waals surface area contributed by atoms with Gasteiger partial charge in [-0.1, -0.05) is 96.5 Å². The van der Waals surface area contributed by atoms with Crippen LogP contribution < -0.4 is 53.9 Å². The molecule has 7 aromatic heterocycles. The van der Waals surface area contributed by atoms with Gasteiger partial charge in [0.25, 0.3) is 11.1 Å². The Balaban J connectivity index is 0.000000156. The molecule has 0 radical (unpaired) electrons. The average Bonchev–Trinajstić information content (AvgIpc) is 1.60. The summed E-state index contributed by atoms with van der Waals surface area (Å²) in [4.78, 5) is 86.5. The number of nitrogens with two attached hydrogens (primary N) is 3. The van der Waals surface area contributed by atoms with Crippen LogP contribution in [0.25, 0.3) is 44.7 Å². The summed E-state index contributed by atoms with van der Waals surface area (Å²) in [6, 6.07) is 58.0. The van der Waals surface area contributed by atoms with Gasteiger partial charge < -0.3 is 62.3 Å². The van der Waals surface area contributed by atoms with Gasteiger partial charge in [0, 0.05) is 92.4 Å². The van der Waals surface area contributed by atoms with Crippen molar-refractivity contribution in [2.24, 2.45) is 17.2 Å². The van der Waals surface area contributed by atoms with Gasteiger partial charge >= 0.3 is 17.6 Å². The number of nitro benzene ring substituents is 1. The number of halogens is 2. The Kier molecular flexibility index (Phi) is 32.3. The monoisotopic (exact) mass is 1650 g/mol. The molecule has 8 aromatic carbocycles. The Hall–Kier alpha value is -13.7. The zero-order chi connectivity index (χ0) is 86.9. The SMILES string of the molecule is CCN(CC)c1ccccc1.CCOC(=O)c1nc[nH]c1C.Cc1ccc([N+](=O)[O-])c(F)c1.Cc1ccc2[nH]c(=O)c3nc(C(=O)O)c(C)n3c2c1.Cc1ccc2[nH]c(=O)c3ncc(C)n3c2c1.Cc1ccc2c(c1)-n1c(C)cnc1C(Cl)N2.Cc1ccc2c(c1)-n1c(C)cnc1C(NCCN)N2.NCCN.c1ccc(Oc2ccccc2)cc1. The molecule has 0 spiro atoms. The highest BCUT2D eigenvalue weighted by Gasteiger charge is 2.28. The molecule has 0 fully saturated rings. The second-order valence-corrected chi connectivity index (χ2v) is 28.1. The number of nitro groups is 1. The number of imidazole rings is 5. The predicted molar refractivity (Wildman–Crippen MR) is 472 cm³/mol. The summed E-state index contributed by atoms with van der Waals surface area (Å²) in [5.74, 6) is 1.30. The van der Waals surface area contributed by atoms with Crippen LogP contribution in [-0.2, 0) is 4.74 Å². The molecule has 13 N–H and O–H groups in total. The van der Waals surface area contributed by atoms with Gasteiger partial charge in [-0.05, 0) is 209 Å². The lowest BCUT2D eigenvalue weighted by Crippen LogP contribution is -2.36. The summed E-state index contributed by atoms with van der Waals surface area (Å²) >= 11 is 6.23. The molecular formula is C89H102ClFN20O9. The molecule has 0 bridgehead atoms. The number of carboxylic acids is 1. The third-order valence-corrected chi connectivity index (χ3v) is 18.9. The zero-order valence-electron chi connectivity index (χ0n) is 69.4. The number of carbonyl (C=O) groups excluding carboxylic acids is 1. The first-order valence-corrected chi connectivity index (χ1v) is 39.3. The van der Waals surface area contributed by atoms with Crippen LogP contribution in [0.2, 0.25) is 0 Å². The molecule has 2 unspecified atom stereocenters. The zero-order valence-corrected chi connectivity index (χ0v) is 70.1. The number of H-pyrrole nitrogens is 3. The fourth-order valence-electron chi connectivity index (χ4n) is 12.7. The molecular weight excluding hydrogens is 1550 g/mol. The second-order valence-electron chi connectivity index (χ2n) is 27.7. The highest BCUT2D eigenvalue weighted by Crippen LogP contribution is 2.37.